The predicted molar refractivity (Wildman–Crippen MR) is 127 cm³/mol. The average Bonchev–Trinajstić information content (AvgIpc) is 3.30. The number of carbonyl (C=O) groups excluding carboxylic acids is 1. The Morgan fingerprint density at radius 3 is 2.74 bits per heavy atom. The molecule has 2 aliphatic heterocycles. The highest BCUT2D eigenvalue weighted by molar-refractivity contribution is 7.13. The van der Waals surface area contributed by atoms with E-state index in [1.807, 2.05) is 35.5 Å². The van der Waals surface area contributed by atoms with Gasteiger partial charge in [-0.15, -0.1) is 11.3 Å². The van der Waals surface area contributed by atoms with E-state index in [1.165, 1.54) is 37.3 Å². The minimum Gasteiger partial charge on any atom is -0.345 e. The van der Waals surface area contributed by atoms with E-state index in [4.69, 9.17) is 0 Å². The Hall–Kier alpha value is -1.99. The molecule has 168 valence electrons. The fourth-order valence-electron chi connectivity index (χ4n) is 4.85. The first kappa shape index (κ1) is 22.2. The van der Waals surface area contributed by atoms with Gasteiger partial charge in [-0.3, -0.25) is 14.7 Å². The monoisotopic (exact) mass is 441 g/mol. The summed E-state index contributed by atoms with van der Waals surface area (Å²) in [6.45, 7) is 9.51. The van der Waals surface area contributed by atoms with Crippen molar-refractivity contribution in [3.8, 4) is 0 Å². The van der Waals surface area contributed by atoms with Gasteiger partial charge in [0.25, 0.3) is 5.91 Å². The number of pyridine rings is 1. The van der Waals surface area contributed by atoms with Crippen molar-refractivity contribution in [3.63, 3.8) is 0 Å². The molecule has 0 spiro atoms. The molecule has 0 saturated carbocycles. The molecule has 2 fully saturated rings. The van der Waals surface area contributed by atoms with Crippen molar-refractivity contribution in [3.05, 3.63) is 41.2 Å². The average molecular weight is 442 g/mol. The zero-order valence-electron chi connectivity index (χ0n) is 19.0. The second-order valence-corrected chi connectivity index (χ2v) is 10.2. The third-order valence-corrected chi connectivity index (χ3v) is 7.82. The SMILES string of the molecule is CC(C)C1CCCN(C2CCN(C(=O)c3csc(N(C)Cc4ccccn4)n3)CC2)C1. The predicted octanol–water partition coefficient (Wildman–Crippen LogP) is 4.15. The van der Waals surface area contributed by atoms with Gasteiger partial charge in [0.2, 0.25) is 0 Å². The van der Waals surface area contributed by atoms with Crippen LogP contribution in [0.4, 0.5) is 5.13 Å². The summed E-state index contributed by atoms with van der Waals surface area (Å²) in [4.78, 5) is 28.8. The Morgan fingerprint density at radius 1 is 1.23 bits per heavy atom. The van der Waals surface area contributed by atoms with Gasteiger partial charge in [-0.25, -0.2) is 4.98 Å². The van der Waals surface area contributed by atoms with Crippen LogP contribution in [0.15, 0.2) is 29.8 Å². The van der Waals surface area contributed by atoms with Crippen LogP contribution in [-0.2, 0) is 6.54 Å². The minimum absolute atomic E-state index is 0.0749. The fraction of sp³-hybridized carbons (Fsp3) is 0.625. The van der Waals surface area contributed by atoms with Crippen molar-refractivity contribution in [2.24, 2.45) is 11.8 Å². The molecule has 2 aromatic rings. The summed E-state index contributed by atoms with van der Waals surface area (Å²) in [6, 6.07) is 6.54. The van der Waals surface area contributed by atoms with E-state index >= 15 is 0 Å². The van der Waals surface area contributed by atoms with Crippen LogP contribution in [0.3, 0.4) is 0 Å². The van der Waals surface area contributed by atoms with Crippen molar-refractivity contribution in [2.75, 3.05) is 38.1 Å². The molecule has 0 radical (unpaired) electrons. The molecule has 4 rings (SSSR count). The van der Waals surface area contributed by atoms with Crippen LogP contribution in [0.1, 0.15) is 55.7 Å². The standard InChI is InChI=1S/C24H35N5OS/c1-18(2)19-7-6-12-29(15-19)21-9-13-28(14-10-21)23(30)22-17-31-24(26-22)27(3)16-20-8-4-5-11-25-20/h4-5,8,11,17-19,21H,6-7,9-10,12-16H2,1-3H3. The van der Waals surface area contributed by atoms with Crippen LogP contribution >= 0.6 is 11.3 Å². The van der Waals surface area contributed by atoms with Gasteiger partial charge in [-0.1, -0.05) is 19.9 Å². The molecule has 7 heteroatoms. The third kappa shape index (κ3) is 5.44. The van der Waals surface area contributed by atoms with Crippen LogP contribution in [0.5, 0.6) is 0 Å². The Bertz CT molecular complexity index is 847. The number of nitrogens with zero attached hydrogens (tertiary/aromatic N) is 5. The molecule has 2 aromatic heterocycles. The van der Waals surface area contributed by atoms with Crippen molar-refractivity contribution >= 4 is 22.4 Å². The molecule has 1 atom stereocenters. The minimum atomic E-state index is 0.0749. The first-order valence-electron chi connectivity index (χ1n) is 11.6. The van der Waals surface area contributed by atoms with E-state index in [0.29, 0.717) is 18.3 Å². The van der Waals surface area contributed by atoms with Crippen molar-refractivity contribution in [1.82, 2.24) is 19.8 Å². The van der Waals surface area contributed by atoms with E-state index in [1.54, 1.807) is 6.20 Å². The number of thiazole rings is 1. The van der Waals surface area contributed by atoms with Gasteiger partial charge in [0.15, 0.2) is 5.13 Å². The Labute approximate surface area is 190 Å². The first-order chi connectivity index (χ1) is 15.0. The van der Waals surface area contributed by atoms with E-state index in [-0.39, 0.29) is 5.91 Å². The van der Waals surface area contributed by atoms with Crippen LogP contribution in [0.2, 0.25) is 0 Å². The molecule has 0 bridgehead atoms. The number of anilines is 1. The summed E-state index contributed by atoms with van der Waals surface area (Å²) in [5.41, 5.74) is 1.57. The van der Waals surface area contributed by atoms with Gasteiger partial charge in [-0.05, 0) is 56.2 Å². The van der Waals surface area contributed by atoms with Crippen LogP contribution in [0, 0.1) is 11.8 Å². The van der Waals surface area contributed by atoms with E-state index in [2.05, 4.69) is 33.6 Å². The van der Waals surface area contributed by atoms with Crippen LogP contribution in [0.25, 0.3) is 0 Å². The van der Waals surface area contributed by atoms with Gasteiger partial charge < -0.3 is 9.80 Å². The number of piperidine rings is 2. The van der Waals surface area contributed by atoms with Gasteiger partial charge >= 0.3 is 0 Å². The molecular weight excluding hydrogens is 406 g/mol. The van der Waals surface area contributed by atoms with Gasteiger partial charge in [-0.2, -0.15) is 0 Å². The second-order valence-electron chi connectivity index (χ2n) is 9.36. The maximum absolute atomic E-state index is 13.0. The van der Waals surface area contributed by atoms with E-state index in [0.717, 1.165) is 48.6 Å². The number of likely N-dealkylation sites (tertiary alicyclic amines) is 2. The normalized spacial score (nSPS) is 20.9. The zero-order valence-corrected chi connectivity index (χ0v) is 19.9. The van der Waals surface area contributed by atoms with E-state index < -0.39 is 0 Å². The van der Waals surface area contributed by atoms with Crippen LogP contribution in [-0.4, -0.2) is 64.9 Å². The molecular formula is C24H35N5OS. The number of hydrogen-bond donors (Lipinski definition) is 0. The summed E-state index contributed by atoms with van der Waals surface area (Å²) < 4.78 is 0. The van der Waals surface area contributed by atoms with E-state index in [9.17, 15) is 4.79 Å². The Kier molecular flexibility index (Phi) is 7.23. The smallest absolute Gasteiger partial charge is 0.273 e. The number of carbonyl (C=O) groups is 1. The van der Waals surface area contributed by atoms with Crippen molar-refractivity contribution < 1.29 is 4.79 Å². The summed E-state index contributed by atoms with van der Waals surface area (Å²) in [5.74, 6) is 1.66. The van der Waals surface area contributed by atoms with Crippen molar-refractivity contribution in [1.29, 1.82) is 0 Å². The number of hydrogen-bond acceptors (Lipinski definition) is 6. The summed E-state index contributed by atoms with van der Waals surface area (Å²) >= 11 is 1.53. The Morgan fingerprint density at radius 2 is 2.03 bits per heavy atom. The molecule has 4 heterocycles. The largest absolute Gasteiger partial charge is 0.345 e. The molecule has 6 nitrogen and oxygen atoms in total. The van der Waals surface area contributed by atoms with Crippen molar-refractivity contribution in [2.45, 2.75) is 52.1 Å². The number of aromatic nitrogens is 2. The molecule has 0 aliphatic carbocycles. The lowest BCUT2D eigenvalue weighted by Gasteiger charge is -2.43. The van der Waals surface area contributed by atoms with Gasteiger partial charge in [0, 0.05) is 44.3 Å². The molecule has 2 saturated heterocycles. The summed E-state index contributed by atoms with van der Waals surface area (Å²) in [7, 11) is 2.00. The highest BCUT2D eigenvalue weighted by Gasteiger charge is 2.31. The molecule has 1 amide bonds. The quantitative estimate of drug-likeness (QED) is 0.674. The molecule has 31 heavy (non-hydrogen) atoms. The fourth-order valence-corrected chi connectivity index (χ4v) is 5.62. The zero-order chi connectivity index (χ0) is 21.8. The highest BCUT2D eigenvalue weighted by Crippen LogP contribution is 2.28. The summed E-state index contributed by atoms with van der Waals surface area (Å²) in [5, 5.41) is 2.76. The molecule has 0 N–H and O–H groups in total. The molecule has 1 unspecified atom stereocenters. The third-order valence-electron chi connectivity index (χ3n) is 6.86. The topological polar surface area (TPSA) is 52.6 Å². The summed E-state index contributed by atoms with van der Waals surface area (Å²) in [6.07, 6.45) is 6.64. The second kappa shape index (κ2) is 10.1. The molecule has 0 aromatic carbocycles. The van der Waals surface area contributed by atoms with Crippen LogP contribution < -0.4 is 4.90 Å². The molecule has 2 aliphatic rings. The lowest BCUT2D eigenvalue weighted by atomic mass is 9.86. The lowest BCUT2D eigenvalue weighted by Crippen LogP contribution is -2.50. The van der Waals surface area contributed by atoms with Gasteiger partial charge in [0.05, 0.1) is 12.2 Å². The number of amides is 1. The highest BCUT2D eigenvalue weighted by atomic mass is 32.1. The maximum Gasteiger partial charge on any atom is 0.273 e. The first-order valence-corrected chi connectivity index (χ1v) is 12.5. The maximum atomic E-state index is 13.0. The Balaban J connectivity index is 1.30. The van der Waals surface area contributed by atoms with Gasteiger partial charge in [0.1, 0.15) is 5.69 Å². The number of rotatable bonds is 6. The lowest BCUT2D eigenvalue weighted by molar-refractivity contribution is 0.0480.